The van der Waals surface area contributed by atoms with Crippen LogP contribution in [0.5, 0.6) is 5.88 Å². The Balaban J connectivity index is 1.52. The van der Waals surface area contributed by atoms with E-state index >= 15 is 0 Å². The number of hydrogen-bond acceptors (Lipinski definition) is 8. The van der Waals surface area contributed by atoms with Crippen molar-refractivity contribution in [1.29, 1.82) is 0 Å². The van der Waals surface area contributed by atoms with Crippen LogP contribution in [0.1, 0.15) is 23.2 Å². The number of carbonyl (C=O) groups is 1. The summed E-state index contributed by atoms with van der Waals surface area (Å²) in [5.41, 5.74) is 4.22. The van der Waals surface area contributed by atoms with Crippen molar-refractivity contribution in [2.75, 3.05) is 18.7 Å². The molecule has 0 bridgehead atoms. The number of nitrogens with zero attached hydrogens (tertiary/aromatic N) is 4. The van der Waals surface area contributed by atoms with Gasteiger partial charge in [0.2, 0.25) is 11.8 Å². The molecular weight excluding hydrogens is 450 g/mol. The number of anilines is 1. The maximum Gasteiger partial charge on any atom is 0.242 e. The van der Waals surface area contributed by atoms with Gasteiger partial charge in [0.25, 0.3) is 0 Å². The van der Waals surface area contributed by atoms with Gasteiger partial charge in [-0.3, -0.25) is 4.79 Å². The topological polar surface area (TPSA) is 116 Å². The van der Waals surface area contributed by atoms with Crippen LogP contribution in [-0.2, 0) is 28.1 Å². The van der Waals surface area contributed by atoms with E-state index in [1.165, 1.54) is 17.4 Å². The lowest BCUT2D eigenvalue weighted by molar-refractivity contribution is -0.116. The monoisotopic (exact) mass is 473 g/mol. The van der Waals surface area contributed by atoms with E-state index in [9.17, 15) is 13.2 Å². The minimum absolute atomic E-state index is 0.176. The molecule has 11 heteroatoms. The number of hydrogen-bond donors (Lipinski definition) is 1. The van der Waals surface area contributed by atoms with Crippen LogP contribution in [0.15, 0.2) is 23.1 Å². The van der Waals surface area contributed by atoms with Crippen molar-refractivity contribution in [1.82, 2.24) is 19.7 Å². The lowest BCUT2D eigenvalue weighted by Gasteiger charge is -2.11. The predicted molar refractivity (Wildman–Crippen MR) is 124 cm³/mol. The number of rotatable bonds is 6. The van der Waals surface area contributed by atoms with Gasteiger partial charge >= 0.3 is 0 Å². The molecule has 0 saturated heterocycles. The Bertz CT molecular complexity index is 1470. The maximum absolute atomic E-state index is 12.6. The largest absolute Gasteiger partial charge is 0.479 e. The van der Waals surface area contributed by atoms with Gasteiger partial charge in [-0.2, -0.15) is 0 Å². The van der Waals surface area contributed by atoms with E-state index in [4.69, 9.17) is 4.74 Å². The summed E-state index contributed by atoms with van der Waals surface area (Å²) in [6.07, 6.45) is 1.92. The van der Waals surface area contributed by atoms with Crippen molar-refractivity contribution in [3.63, 3.8) is 0 Å². The standard InChI is InChI=1S/C21H23N5O4S2/c1-11-14(12(2)22-19-18(11)20(30-4)25-26(19)3)7-9-17(27)24-21-23-15-8-6-13(32(5,28)29)10-16(15)31-21/h6,8,10H,7,9H2,1-5H3,(H,23,24,27). The van der Waals surface area contributed by atoms with Gasteiger partial charge in [0.1, 0.15) is 0 Å². The average Bonchev–Trinajstić information content (AvgIpc) is 3.26. The highest BCUT2D eigenvalue weighted by Gasteiger charge is 2.19. The third-order valence-corrected chi connectivity index (χ3v) is 7.40. The van der Waals surface area contributed by atoms with Crippen LogP contribution in [0.3, 0.4) is 0 Å². The van der Waals surface area contributed by atoms with Crippen LogP contribution in [0.25, 0.3) is 21.3 Å². The molecule has 4 aromatic rings. The number of benzene rings is 1. The van der Waals surface area contributed by atoms with E-state index in [0.29, 0.717) is 27.6 Å². The van der Waals surface area contributed by atoms with Gasteiger partial charge < -0.3 is 10.1 Å². The fourth-order valence-corrected chi connectivity index (χ4v) is 5.36. The van der Waals surface area contributed by atoms with E-state index < -0.39 is 9.84 Å². The van der Waals surface area contributed by atoms with Crippen LogP contribution in [0.4, 0.5) is 5.13 Å². The van der Waals surface area contributed by atoms with Crippen molar-refractivity contribution in [2.45, 2.75) is 31.6 Å². The summed E-state index contributed by atoms with van der Waals surface area (Å²) in [5, 5.41) is 8.46. The summed E-state index contributed by atoms with van der Waals surface area (Å²) < 4.78 is 31.3. The Kier molecular flexibility index (Phi) is 5.63. The number of aryl methyl sites for hydroxylation is 3. The zero-order chi connectivity index (χ0) is 23.2. The molecule has 0 atom stereocenters. The number of thiazole rings is 1. The number of nitrogens with one attached hydrogen (secondary N) is 1. The van der Waals surface area contributed by atoms with Gasteiger partial charge in [0.05, 0.1) is 27.6 Å². The molecule has 0 radical (unpaired) electrons. The minimum Gasteiger partial charge on any atom is -0.479 e. The highest BCUT2D eigenvalue weighted by Crippen LogP contribution is 2.31. The van der Waals surface area contributed by atoms with Gasteiger partial charge in [0, 0.05) is 25.4 Å². The van der Waals surface area contributed by atoms with Crippen LogP contribution < -0.4 is 10.1 Å². The third-order valence-electron chi connectivity index (χ3n) is 5.35. The second-order valence-corrected chi connectivity index (χ2v) is 10.6. The summed E-state index contributed by atoms with van der Waals surface area (Å²) in [5.74, 6) is 0.339. The van der Waals surface area contributed by atoms with Gasteiger partial charge in [-0.1, -0.05) is 11.3 Å². The predicted octanol–water partition coefficient (Wildman–Crippen LogP) is 3.18. The first-order valence-electron chi connectivity index (χ1n) is 9.85. The lowest BCUT2D eigenvalue weighted by atomic mass is 10.00. The molecule has 168 valence electrons. The van der Waals surface area contributed by atoms with E-state index in [1.54, 1.807) is 23.9 Å². The first kappa shape index (κ1) is 22.2. The summed E-state index contributed by atoms with van der Waals surface area (Å²) in [6, 6.07) is 4.74. The molecule has 3 aromatic heterocycles. The smallest absolute Gasteiger partial charge is 0.242 e. The third kappa shape index (κ3) is 4.05. The summed E-state index contributed by atoms with van der Waals surface area (Å²) in [7, 11) is 0.0906. The molecule has 0 spiro atoms. The zero-order valence-electron chi connectivity index (χ0n) is 18.4. The van der Waals surface area contributed by atoms with Crippen LogP contribution in [0.2, 0.25) is 0 Å². The van der Waals surface area contributed by atoms with Gasteiger partial charge in [-0.15, -0.1) is 5.10 Å². The summed E-state index contributed by atoms with van der Waals surface area (Å²) >= 11 is 1.25. The normalized spacial score (nSPS) is 11.9. The van der Waals surface area contributed by atoms with E-state index in [0.717, 1.165) is 34.1 Å². The number of aromatic nitrogens is 4. The van der Waals surface area contributed by atoms with E-state index in [1.807, 2.05) is 20.9 Å². The highest BCUT2D eigenvalue weighted by molar-refractivity contribution is 7.90. The quantitative estimate of drug-likeness (QED) is 0.457. The molecular formula is C21H23N5O4S2. The molecule has 0 aliphatic heterocycles. The minimum atomic E-state index is -3.30. The van der Waals surface area contributed by atoms with Crippen molar-refractivity contribution in [2.24, 2.45) is 7.05 Å². The second kappa shape index (κ2) is 8.14. The number of fused-ring (bicyclic) bond motifs is 2. The Morgan fingerprint density at radius 2 is 2.00 bits per heavy atom. The van der Waals surface area contributed by atoms with Crippen molar-refractivity contribution in [3.8, 4) is 5.88 Å². The molecule has 4 rings (SSSR count). The summed E-state index contributed by atoms with van der Waals surface area (Å²) in [6.45, 7) is 3.91. The molecule has 3 heterocycles. The van der Waals surface area contributed by atoms with E-state index in [2.05, 4.69) is 20.4 Å². The molecule has 0 fully saturated rings. The Labute approximate surface area is 189 Å². The highest BCUT2D eigenvalue weighted by atomic mass is 32.2. The maximum atomic E-state index is 12.6. The van der Waals surface area contributed by atoms with Gasteiger partial charge in [-0.05, 0) is 49.6 Å². The number of methoxy groups -OCH3 is 1. The number of sulfone groups is 1. The van der Waals surface area contributed by atoms with E-state index in [-0.39, 0.29) is 17.2 Å². The van der Waals surface area contributed by atoms with Crippen molar-refractivity contribution >= 4 is 53.5 Å². The van der Waals surface area contributed by atoms with Gasteiger partial charge in [0.15, 0.2) is 20.6 Å². The van der Waals surface area contributed by atoms with Crippen LogP contribution in [0, 0.1) is 13.8 Å². The Morgan fingerprint density at radius 1 is 1.25 bits per heavy atom. The molecule has 9 nitrogen and oxygen atoms in total. The first-order chi connectivity index (χ1) is 15.1. The Hall–Kier alpha value is -3.05. The molecule has 0 unspecified atom stereocenters. The zero-order valence-corrected chi connectivity index (χ0v) is 20.0. The second-order valence-electron chi connectivity index (χ2n) is 7.60. The number of ether oxygens (including phenoxy) is 1. The number of pyridine rings is 1. The Morgan fingerprint density at radius 3 is 2.69 bits per heavy atom. The molecule has 0 aliphatic carbocycles. The first-order valence-corrected chi connectivity index (χ1v) is 12.6. The summed E-state index contributed by atoms with van der Waals surface area (Å²) in [4.78, 5) is 21.9. The SMILES string of the molecule is COc1nn(C)c2nc(C)c(CCC(=O)Nc3nc4ccc(S(C)(=O)=O)cc4s3)c(C)c12. The van der Waals surface area contributed by atoms with Crippen molar-refractivity contribution < 1.29 is 17.9 Å². The molecule has 1 N–H and O–H groups in total. The fourth-order valence-electron chi connectivity index (χ4n) is 3.72. The lowest BCUT2D eigenvalue weighted by Crippen LogP contribution is -2.13. The fraction of sp³-hybridized carbons (Fsp3) is 0.333. The van der Waals surface area contributed by atoms with Crippen molar-refractivity contribution in [3.05, 3.63) is 35.0 Å². The molecule has 1 aromatic carbocycles. The molecule has 1 amide bonds. The molecule has 0 saturated carbocycles. The average molecular weight is 474 g/mol. The molecule has 32 heavy (non-hydrogen) atoms. The van der Waals surface area contributed by atoms with Gasteiger partial charge in [-0.25, -0.2) is 23.1 Å². The molecule has 0 aliphatic rings. The number of carbonyl (C=O) groups excluding carboxylic acids is 1. The van der Waals surface area contributed by atoms with Crippen LogP contribution in [-0.4, -0.2) is 47.4 Å². The number of amides is 1. The van der Waals surface area contributed by atoms with Crippen LogP contribution >= 0.6 is 11.3 Å².